The van der Waals surface area contributed by atoms with Gasteiger partial charge in [0.2, 0.25) is 0 Å². The number of aliphatic carboxylic acids is 1. The number of carbonyl (C=O) groups is 2. The van der Waals surface area contributed by atoms with Crippen molar-refractivity contribution in [2.24, 2.45) is 0 Å². The molecule has 0 spiro atoms. The van der Waals surface area contributed by atoms with E-state index in [0.717, 1.165) is 38.9 Å². The molecule has 0 heterocycles. The minimum atomic E-state index is -1.09. The van der Waals surface area contributed by atoms with Gasteiger partial charge in [-0.15, -0.1) is 0 Å². The Morgan fingerprint density at radius 2 is 1.55 bits per heavy atom. The first-order valence-electron chi connectivity index (χ1n) is 10.9. The molecule has 1 atom stereocenters. The molecule has 1 aliphatic rings. The van der Waals surface area contributed by atoms with Crippen LogP contribution in [0.4, 0.5) is 4.79 Å². The molecule has 0 saturated heterocycles. The molecule has 0 unspecified atom stereocenters. The average molecular weight is 464 g/mol. The number of carboxylic acids is 1. The summed E-state index contributed by atoms with van der Waals surface area (Å²) in [6.45, 7) is 3.98. The Hall–Kier alpha value is -3.31. The Morgan fingerprint density at radius 3 is 2.09 bits per heavy atom. The molecule has 0 fully saturated rings. The van der Waals surface area contributed by atoms with Crippen molar-refractivity contribution in [2.75, 3.05) is 6.61 Å². The highest BCUT2D eigenvalue weighted by Gasteiger charge is 2.29. The van der Waals surface area contributed by atoms with Gasteiger partial charge in [-0.1, -0.05) is 72.3 Å². The van der Waals surface area contributed by atoms with E-state index in [2.05, 4.69) is 17.4 Å². The van der Waals surface area contributed by atoms with Crippen LogP contribution in [0.25, 0.3) is 11.1 Å². The number of ether oxygens (including phenoxy) is 1. The Kier molecular flexibility index (Phi) is 6.70. The van der Waals surface area contributed by atoms with E-state index < -0.39 is 18.1 Å². The minimum absolute atomic E-state index is 0.0774. The fourth-order valence-electron chi connectivity index (χ4n) is 4.53. The molecule has 6 heteroatoms. The lowest BCUT2D eigenvalue weighted by atomic mass is 9.98. The molecule has 0 aromatic heterocycles. The van der Waals surface area contributed by atoms with Gasteiger partial charge in [0.15, 0.2) is 0 Å². The predicted molar refractivity (Wildman–Crippen MR) is 129 cm³/mol. The van der Waals surface area contributed by atoms with Crippen molar-refractivity contribution in [2.45, 2.75) is 38.6 Å². The molecule has 2 N–H and O–H groups in total. The number of alkyl carbamates (subject to hydrolysis) is 1. The number of hydrogen-bond acceptors (Lipinski definition) is 3. The number of amides is 1. The molecule has 0 saturated carbocycles. The third-order valence-corrected chi connectivity index (χ3v) is 6.75. The van der Waals surface area contributed by atoms with E-state index >= 15 is 0 Å². The highest BCUT2D eigenvalue weighted by molar-refractivity contribution is 6.32. The van der Waals surface area contributed by atoms with Crippen LogP contribution in [0.5, 0.6) is 0 Å². The van der Waals surface area contributed by atoms with Crippen LogP contribution in [0.15, 0.2) is 60.7 Å². The molecular formula is C27H26ClNO4. The number of carbonyl (C=O) groups excluding carboxylic acids is 1. The number of nitrogens with one attached hydrogen (secondary N) is 1. The van der Waals surface area contributed by atoms with Gasteiger partial charge in [0, 0.05) is 10.9 Å². The van der Waals surface area contributed by atoms with E-state index in [1.54, 1.807) is 0 Å². The standard InChI is InChI=1S/C27H26ClNO4/c1-16-13-18(14-17(2)25(16)28)11-12-24(26(30)31)29-27(32)33-15-23-21-9-5-3-7-19(21)20-8-4-6-10-22(20)23/h3-10,13-14,23-24H,11-12,15H2,1-2H3,(H,29,32)(H,30,31)/t24-/m0/s1. The van der Waals surface area contributed by atoms with Gasteiger partial charge in [0.1, 0.15) is 12.6 Å². The number of rotatable bonds is 7. The molecule has 33 heavy (non-hydrogen) atoms. The maximum absolute atomic E-state index is 12.5. The first-order valence-corrected chi connectivity index (χ1v) is 11.3. The van der Waals surface area contributed by atoms with Crippen molar-refractivity contribution in [1.29, 1.82) is 0 Å². The highest BCUT2D eigenvalue weighted by Crippen LogP contribution is 2.44. The number of hydrogen-bond donors (Lipinski definition) is 2. The Balaban J connectivity index is 1.39. The summed E-state index contributed by atoms with van der Waals surface area (Å²) in [5.41, 5.74) is 7.36. The van der Waals surface area contributed by atoms with Crippen molar-refractivity contribution >= 4 is 23.7 Å². The molecule has 1 amide bonds. The highest BCUT2D eigenvalue weighted by atomic mass is 35.5. The Bertz CT molecular complexity index is 1140. The number of benzene rings is 3. The van der Waals surface area contributed by atoms with Gasteiger partial charge >= 0.3 is 12.1 Å². The second kappa shape index (κ2) is 9.67. The zero-order valence-corrected chi connectivity index (χ0v) is 19.4. The summed E-state index contributed by atoms with van der Waals surface area (Å²) in [6, 6.07) is 19.0. The van der Waals surface area contributed by atoms with Gasteiger partial charge in [-0.2, -0.15) is 0 Å². The van der Waals surface area contributed by atoms with E-state index in [1.165, 1.54) is 0 Å². The van der Waals surface area contributed by atoms with Gasteiger partial charge in [-0.3, -0.25) is 0 Å². The van der Waals surface area contributed by atoms with Gasteiger partial charge in [0.05, 0.1) is 0 Å². The average Bonchev–Trinajstić information content (AvgIpc) is 3.12. The van der Waals surface area contributed by atoms with Gasteiger partial charge in [-0.05, 0) is 65.6 Å². The molecular weight excluding hydrogens is 438 g/mol. The van der Waals surface area contributed by atoms with Crippen molar-refractivity contribution in [3.8, 4) is 11.1 Å². The molecule has 4 rings (SSSR count). The second-order valence-corrected chi connectivity index (χ2v) is 8.82. The molecule has 3 aromatic rings. The Labute approximate surface area is 198 Å². The quantitative estimate of drug-likeness (QED) is 0.458. The fraction of sp³-hybridized carbons (Fsp3) is 0.259. The summed E-state index contributed by atoms with van der Waals surface area (Å²) in [4.78, 5) is 24.2. The number of carboxylic acid groups (broad SMARTS) is 1. The van der Waals surface area contributed by atoms with E-state index in [-0.39, 0.29) is 18.9 Å². The topological polar surface area (TPSA) is 75.6 Å². The lowest BCUT2D eigenvalue weighted by Crippen LogP contribution is -2.41. The van der Waals surface area contributed by atoms with E-state index in [0.29, 0.717) is 11.4 Å². The lowest BCUT2D eigenvalue weighted by Gasteiger charge is -2.18. The summed E-state index contributed by atoms with van der Waals surface area (Å²) in [5, 5.41) is 12.8. The zero-order chi connectivity index (χ0) is 23.5. The number of fused-ring (bicyclic) bond motifs is 3. The first-order chi connectivity index (χ1) is 15.8. The molecule has 170 valence electrons. The summed E-state index contributed by atoms with van der Waals surface area (Å²) in [5.74, 6) is -1.17. The maximum atomic E-state index is 12.5. The van der Waals surface area contributed by atoms with Crippen molar-refractivity contribution in [1.82, 2.24) is 5.32 Å². The summed E-state index contributed by atoms with van der Waals surface area (Å²) >= 11 is 6.22. The summed E-state index contributed by atoms with van der Waals surface area (Å²) in [7, 11) is 0. The molecule has 0 aliphatic heterocycles. The monoisotopic (exact) mass is 463 g/mol. The van der Waals surface area contributed by atoms with Crippen LogP contribution >= 0.6 is 11.6 Å². The maximum Gasteiger partial charge on any atom is 0.407 e. The molecule has 0 radical (unpaired) electrons. The fourth-order valence-corrected chi connectivity index (χ4v) is 4.64. The van der Waals surface area contributed by atoms with Crippen LogP contribution in [-0.4, -0.2) is 29.8 Å². The zero-order valence-electron chi connectivity index (χ0n) is 18.6. The Morgan fingerprint density at radius 1 is 1.00 bits per heavy atom. The molecule has 1 aliphatic carbocycles. The first kappa shape index (κ1) is 22.9. The number of aryl methyl sites for hydroxylation is 3. The van der Waals surface area contributed by atoms with Gasteiger partial charge < -0.3 is 15.2 Å². The van der Waals surface area contributed by atoms with Gasteiger partial charge in [0.25, 0.3) is 0 Å². The summed E-state index contributed by atoms with van der Waals surface area (Å²) in [6.07, 6.45) is 0.0206. The smallest absolute Gasteiger partial charge is 0.407 e. The van der Waals surface area contributed by atoms with E-state index in [9.17, 15) is 14.7 Å². The third-order valence-electron chi connectivity index (χ3n) is 6.15. The predicted octanol–water partition coefficient (Wildman–Crippen LogP) is 5.88. The third kappa shape index (κ3) is 4.88. The normalized spacial score (nSPS) is 13.2. The molecule has 3 aromatic carbocycles. The van der Waals surface area contributed by atoms with E-state index in [1.807, 2.05) is 62.4 Å². The van der Waals surface area contributed by atoms with Crippen LogP contribution in [0.3, 0.4) is 0 Å². The lowest BCUT2D eigenvalue weighted by molar-refractivity contribution is -0.139. The van der Waals surface area contributed by atoms with Crippen LogP contribution in [-0.2, 0) is 16.0 Å². The van der Waals surface area contributed by atoms with Crippen molar-refractivity contribution < 1.29 is 19.4 Å². The van der Waals surface area contributed by atoms with Gasteiger partial charge in [-0.25, -0.2) is 9.59 Å². The van der Waals surface area contributed by atoms with Crippen LogP contribution < -0.4 is 5.32 Å². The van der Waals surface area contributed by atoms with E-state index in [4.69, 9.17) is 16.3 Å². The summed E-state index contributed by atoms with van der Waals surface area (Å²) < 4.78 is 5.50. The largest absolute Gasteiger partial charge is 0.480 e. The number of halogens is 1. The van der Waals surface area contributed by atoms with Crippen LogP contribution in [0, 0.1) is 13.8 Å². The minimum Gasteiger partial charge on any atom is -0.480 e. The molecule has 0 bridgehead atoms. The second-order valence-electron chi connectivity index (χ2n) is 8.44. The van der Waals surface area contributed by atoms with Crippen molar-refractivity contribution in [3.63, 3.8) is 0 Å². The molecule has 5 nitrogen and oxygen atoms in total. The van der Waals surface area contributed by atoms with Crippen LogP contribution in [0.2, 0.25) is 5.02 Å². The van der Waals surface area contributed by atoms with Crippen molar-refractivity contribution in [3.05, 3.63) is 93.5 Å². The SMILES string of the molecule is Cc1cc(CC[C@H](NC(=O)OCC2c3ccccc3-c3ccccc32)C(=O)O)cc(C)c1Cl. The van der Waals surface area contributed by atoms with Crippen LogP contribution in [0.1, 0.15) is 40.2 Å².